The van der Waals surface area contributed by atoms with Gasteiger partial charge < -0.3 is 10.6 Å². The summed E-state index contributed by atoms with van der Waals surface area (Å²) in [6, 6.07) is 0.782. The van der Waals surface area contributed by atoms with Gasteiger partial charge in [-0.15, -0.1) is 11.8 Å². The highest BCUT2D eigenvalue weighted by Gasteiger charge is 2.25. The van der Waals surface area contributed by atoms with Crippen molar-refractivity contribution in [1.82, 2.24) is 19.9 Å². The third-order valence-corrected chi connectivity index (χ3v) is 4.82. The Hall–Kier alpha value is -1.16. The van der Waals surface area contributed by atoms with Crippen LogP contribution in [0.5, 0.6) is 0 Å². The summed E-state index contributed by atoms with van der Waals surface area (Å²) in [6.07, 6.45) is 12.6. The molecule has 0 saturated heterocycles. The molecule has 2 atom stereocenters. The van der Waals surface area contributed by atoms with Crippen LogP contribution in [-0.2, 0) is 0 Å². The van der Waals surface area contributed by atoms with E-state index in [9.17, 15) is 0 Å². The lowest BCUT2D eigenvalue weighted by Gasteiger charge is -2.14. The lowest BCUT2D eigenvalue weighted by molar-refractivity contribution is 0.713. The van der Waals surface area contributed by atoms with Gasteiger partial charge in [-0.25, -0.2) is 19.9 Å². The molecule has 0 amide bonds. The van der Waals surface area contributed by atoms with Crippen LogP contribution in [0.4, 0.5) is 11.9 Å². The minimum absolute atomic E-state index is 0.390. The molecule has 1 saturated carbocycles. The molecule has 0 bridgehead atoms. The zero-order valence-electron chi connectivity index (χ0n) is 12.2. The Bertz CT molecular complexity index is 606. The van der Waals surface area contributed by atoms with Crippen LogP contribution in [0, 0.1) is 3.57 Å². The van der Waals surface area contributed by atoms with Gasteiger partial charge in [0.25, 0.3) is 0 Å². The van der Waals surface area contributed by atoms with E-state index in [2.05, 4.69) is 53.2 Å². The fourth-order valence-corrected chi connectivity index (χ4v) is 3.09. The van der Waals surface area contributed by atoms with Crippen LogP contribution in [0.15, 0.2) is 29.7 Å². The van der Waals surface area contributed by atoms with Gasteiger partial charge in [-0.2, -0.15) is 0 Å². The molecule has 116 valence electrons. The van der Waals surface area contributed by atoms with E-state index in [0.717, 1.165) is 27.7 Å². The van der Waals surface area contributed by atoms with Gasteiger partial charge in [0.2, 0.25) is 11.9 Å². The minimum atomic E-state index is 0.390. The van der Waals surface area contributed by atoms with E-state index in [4.69, 9.17) is 0 Å². The number of halogens is 1. The number of nitrogens with zero attached hydrogens (tertiary/aromatic N) is 4. The molecular formula is C14H17IN6S. The van der Waals surface area contributed by atoms with Gasteiger partial charge in [-0.3, -0.25) is 0 Å². The monoisotopic (exact) mass is 428 g/mol. The molecule has 3 rings (SSSR count). The average Bonchev–Trinajstić information content (AvgIpc) is 2.97. The second-order valence-electron chi connectivity index (χ2n) is 5.17. The second kappa shape index (κ2) is 7.40. The molecule has 2 aromatic heterocycles. The highest BCUT2D eigenvalue weighted by Crippen LogP contribution is 2.24. The normalized spacial score (nSPS) is 20.8. The van der Waals surface area contributed by atoms with Crippen molar-refractivity contribution in [3.8, 4) is 0 Å². The van der Waals surface area contributed by atoms with Crippen molar-refractivity contribution in [2.45, 2.75) is 36.2 Å². The first-order chi connectivity index (χ1) is 10.7. The van der Waals surface area contributed by atoms with Crippen molar-refractivity contribution in [3.05, 3.63) is 28.4 Å². The maximum Gasteiger partial charge on any atom is 0.222 e. The lowest BCUT2D eigenvalue weighted by Crippen LogP contribution is -2.22. The largest absolute Gasteiger partial charge is 0.351 e. The van der Waals surface area contributed by atoms with Crippen molar-refractivity contribution in [2.24, 2.45) is 0 Å². The molecule has 2 heterocycles. The van der Waals surface area contributed by atoms with Crippen LogP contribution < -0.4 is 10.6 Å². The Morgan fingerprint density at radius 3 is 1.95 bits per heavy atom. The summed E-state index contributed by atoms with van der Waals surface area (Å²) in [7, 11) is 0. The topological polar surface area (TPSA) is 75.6 Å². The summed E-state index contributed by atoms with van der Waals surface area (Å²) in [4.78, 5) is 18.3. The van der Waals surface area contributed by atoms with Crippen molar-refractivity contribution >= 4 is 46.2 Å². The van der Waals surface area contributed by atoms with E-state index in [1.54, 1.807) is 11.8 Å². The van der Waals surface area contributed by atoms with Gasteiger partial charge >= 0.3 is 0 Å². The van der Waals surface area contributed by atoms with Crippen LogP contribution in [0.25, 0.3) is 0 Å². The number of anilines is 2. The number of hydrogen-bond donors (Lipinski definition) is 2. The fourth-order valence-electron chi connectivity index (χ4n) is 2.49. The van der Waals surface area contributed by atoms with Crippen LogP contribution in [0.2, 0.25) is 0 Å². The Kier molecular flexibility index (Phi) is 5.29. The van der Waals surface area contributed by atoms with Crippen LogP contribution in [0.1, 0.15) is 19.3 Å². The van der Waals surface area contributed by atoms with Crippen molar-refractivity contribution in [2.75, 3.05) is 16.9 Å². The number of hydrogen-bond acceptors (Lipinski definition) is 7. The van der Waals surface area contributed by atoms with Crippen LogP contribution in [-0.4, -0.2) is 38.3 Å². The van der Waals surface area contributed by atoms with Gasteiger partial charge in [-0.05, 0) is 48.1 Å². The molecule has 2 aromatic rings. The van der Waals surface area contributed by atoms with Crippen molar-refractivity contribution in [1.29, 1.82) is 0 Å². The zero-order valence-corrected chi connectivity index (χ0v) is 15.1. The van der Waals surface area contributed by atoms with Gasteiger partial charge in [0.15, 0.2) is 0 Å². The molecule has 0 spiro atoms. The summed E-state index contributed by atoms with van der Waals surface area (Å²) >= 11 is 3.85. The maximum atomic E-state index is 4.34. The highest BCUT2D eigenvalue weighted by molar-refractivity contribution is 14.1. The summed E-state index contributed by atoms with van der Waals surface area (Å²) in [5.74, 6) is 1.40. The molecule has 0 unspecified atom stereocenters. The predicted molar refractivity (Wildman–Crippen MR) is 97.2 cm³/mol. The smallest absolute Gasteiger partial charge is 0.222 e. The standard InChI is InChI=1S/C14H17IN6S/c1-22-12-7-18-14(19-8-12)21-11-3-2-10(4-11)20-13-16-5-9(15)6-17-13/h5-8,10-11H,2-4H2,1H3,(H,16,17,20)(H,18,19,21)/t10-,11-/m0/s1. The zero-order chi connectivity index (χ0) is 15.4. The first-order valence-corrected chi connectivity index (χ1v) is 9.40. The molecule has 1 aliphatic rings. The van der Waals surface area contributed by atoms with Crippen LogP contribution >= 0.6 is 34.4 Å². The third-order valence-electron chi connectivity index (χ3n) is 3.58. The number of thioether (sulfide) groups is 1. The summed E-state index contributed by atoms with van der Waals surface area (Å²) in [6.45, 7) is 0. The van der Waals surface area contributed by atoms with Gasteiger partial charge in [0.05, 0.1) is 0 Å². The van der Waals surface area contributed by atoms with E-state index in [1.165, 1.54) is 0 Å². The van der Waals surface area contributed by atoms with Gasteiger partial charge in [0, 0.05) is 45.3 Å². The highest BCUT2D eigenvalue weighted by atomic mass is 127. The average molecular weight is 428 g/mol. The SMILES string of the molecule is CSc1cnc(N[C@H]2CC[C@H](Nc3ncc(I)cn3)C2)nc1. The molecule has 6 nitrogen and oxygen atoms in total. The first-order valence-electron chi connectivity index (χ1n) is 7.09. The quantitative estimate of drug-likeness (QED) is 0.560. The Morgan fingerprint density at radius 2 is 1.45 bits per heavy atom. The van der Waals surface area contributed by atoms with Crippen LogP contribution in [0.3, 0.4) is 0 Å². The van der Waals surface area contributed by atoms with E-state index < -0.39 is 0 Å². The molecular weight excluding hydrogens is 411 g/mol. The van der Waals surface area contributed by atoms with Gasteiger partial charge in [0.1, 0.15) is 0 Å². The molecule has 0 aromatic carbocycles. The summed E-state index contributed by atoms with van der Waals surface area (Å²) in [5.41, 5.74) is 0. The molecule has 1 aliphatic carbocycles. The molecule has 22 heavy (non-hydrogen) atoms. The van der Waals surface area contributed by atoms with E-state index in [1.807, 2.05) is 31.0 Å². The fraction of sp³-hybridized carbons (Fsp3) is 0.429. The first kappa shape index (κ1) is 15.7. The second-order valence-corrected chi connectivity index (χ2v) is 7.29. The Balaban J connectivity index is 1.52. The third kappa shape index (κ3) is 4.19. The Labute approximate surface area is 147 Å². The molecule has 0 radical (unpaired) electrons. The molecule has 1 fully saturated rings. The summed E-state index contributed by atoms with van der Waals surface area (Å²) in [5, 5.41) is 6.80. The minimum Gasteiger partial charge on any atom is -0.351 e. The van der Waals surface area contributed by atoms with E-state index in [-0.39, 0.29) is 0 Å². The number of rotatable bonds is 5. The maximum absolute atomic E-state index is 4.34. The molecule has 0 aliphatic heterocycles. The van der Waals surface area contributed by atoms with E-state index >= 15 is 0 Å². The van der Waals surface area contributed by atoms with Crippen molar-refractivity contribution in [3.63, 3.8) is 0 Å². The van der Waals surface area contributed by atoms with Crippen molar-refractivity contribution < 1.29 is 0 Å². The lowest BCUT2D eigenvalue weighted by atomic mass is 10.2. The Morgan fingerprint density at radius 1 is 0.955 bits per heavy atom. The van der Waals surface area contributed by atoms with E-state index in [0.29, 0.717) is 24.0 Å². The predicted octanol–water partition coefficient (Wildman–Crippen LogP) is 3.04. The van der Waals surface area contributed by atoms with Gasteiger partial charge in [-0.1, -0.05) is 0 Å². The number of aromatic nitrogens is 4. The molecule has 2 N–H and O–H groups in total. The summed E-state index contributed by atoms with van der Waals surface area (Å²) < 4.78 is 1.04. The number of nitrogens with one attached hydrogen (secondary N) is 2. The molecule has 8 heteroatoms.